The fraction of sp³-hybridized carbons (Fsp3) is 0.600. The van der Waals surface area contributed by atoms with Gasteiger partial charge >= 0.3 is 5.97 Å². The van der Waals surface area contributed by atoms with Gasteiger partial charge in [0.25, 0.3) is 0 Å². The molecule has 1 amide bonds. The number of anilines is 1. The molecule has 0 radical (unpaired) electrons. The molecule has 152 valence electrons. The van der Waals surface area contributed by atoms with Crippen molar-refractivity contribution < 1.29 is 18.7 Å². The van der Waals surface area contributed by atoms with Crippen molar-refractivity contribution in [2.24, 2.45) is 11.8 Å². The van der Waals surface area contributed by atoms with Gasteiger partial charge in [-0.15, -0.1) is 11.8 Å². The zero-order chi connectivity index (χ0) is 20.6. The molecule has 0 heterocycles. The molecule has 0 aliphatic heterocycles. The van der Waals surface area contributed by atoms with Crippen LogP contribution in [0.2, 0.25) is 5.02 Å². The average Bonchev–Trinajstić information content (AvgIpc) is 2.59. The number of benzene rings is 1. The van der Waals surface area contributed by atoms with Crippen LogP contribution in [-0.2, 0) is 14.3 Å². The summed E-state index contributed by atoms with van der Waals surface area (Å²) in [6.45, 7) is 10.2. The van der Waals surface area contributed by atoms with E-state index in [9.17, 15) is 14.0 Å². The maximum absolute atomic E-state index is 14.2. The molecular weight excluding hydrogens is 389 g/mol. The molecule has 0 fully saturated rings. The van der Waals surface area contributed by atoms with E-state index in [0.29, 0.717) is 30.3 Å². The number of rotatable bonds is 10. The molecule has 1 rings (SSSR count). The predicted molar refractivity (Wildman–Crippen MR) is 110 cm³/mol. The van der Waals surface area contributed by atoms with Crippen molar-refractivity contribution in [1.29, 1.82) is 0 Å². The van der Waals surface area contributed by atoms with Crippen molar-refractivity contribution >= 4 is 40.9 Å². The van der Waals surface area contributed by atoms with E-state index in [0.717, 1.165) is 12.5 Å². The monoisotopic (exact) mass is 417 g/mol. The maximum atomic E-state index is 14.2. The van der Waals surface area contributed by atoms with Crippen molar-refractivity contribution in [3.05, 3.63) is 23.0 Å². The highest BCUT2D eigenvalue weighted by atomic mass is 35.5. The number of carbonyl (C=O) groups is 2. The molecule has 1 N–H and O–H groups in total. The van der Waals surface area contributed by atoms with Gasteiger partial charge in [-0.25, -0.2) is 4.39 Å². The predicted octanol–water partition coefficient (Wildman–Crippen LogP) is 5.92. The topological polar surface area (TPSA) is 55.4 Å². The van der Waals surface area contributed by atoms with E-state index in [1.54, 1.807) is 0 Å². The Hall–Kier alpha value is -1.27. The van der Waals surface area contributed by atoms with Crippen molar-refractivity contribution in [3.8, 4) is 0 Å². The Kier molecular flexibility index (Phi) is 10.2. The molecule has 7 heteroatoms. The molecule has 1 aromatic rings. The van der Waals surface area contributed by atoms with Crippen molar-refractivity contribution in [2.45, 2.75) is 64.0 Å². The number of nitrogens with one attached hydrogen (secondary N) is 1. The number of ether oxygens (including phenoxy) is 1. The molecule has 0 saturated carbocycles. The van der Waals surface area contributed by atoms with Crippen LogP contribution in [0.1, 0.15) is 53.9 Å². The minimum Gasteiger partial charge on any atom is -0.465 e. The van der Waals surface area contributed by atoms with Gasteiger partial charge in [0.05, 0.1) is 17.3 Å². The molecule has 0 aliphatic rings. The fourth-order valence-corrected chi connectivity index (χ4v) is 3.42. The largest absolute Gasteiger partial charge is 0.465 e. The molecule has 0 bridgehead atoms. The molecule has 4 nitrogen and oxygen atoms in total. The van der Waals surface area contributed by atoms with Crippen LogP contribution in [0.25, 0.3) is 0 Å². The van der Waals surface area contributed by atoms with Gasteiger partial charge in [-0.2, -0.15) is 0 Å². The summed E-state index contributed by atoms with van der Waals surface area (Å²) >= 11 is 7.37. The van der Waals surface area contributed by atoms with Crippen LogP contribution in [0.3, 0.4) is 0 Å². The van der Waals surface area contributed by atoms with Crippen molar-refractivity contribution in [3.63, 3.8) is 0 Å². The molecule has 0 aliphatic carbocycles. The number of esters is 1. The molecular formula is C20H29ClFNO3S. The molecule has 0 aromatic heterocycles. The summed E-state index contributed by atoms with van der Waals surface area (Å²) in [5.41, 5.74) is 0.0704. The summed E-state index contributed by atoms with van der Waals surface area (Å²) in [5, 5.41) is 2.35. The Morgan fingerprint density at radius 1 is 1.22 bits per heavy atom. The first-order valence-electron chi connectivity index (χ1n) is 9.26. The number of carbonyl (C=O) groups excluding carboxylic acids is 2. The standard InChI is InChI=1S/C20H29ClFNO3S/c1-6-17(20(25)26-11-13(4)5)27-18-10-16(15(22)9-14(18)21)23-19(24)8-7-12(2)3/h9-10,12-13,17H,6-8,11H2,1-5H3,(H,23,24). The van der Waals surface area contributed by atoms with E-state index >= 15 is 0 Å². The summed E-state index contributed by atoms with van der Waals surface area (Å²) in [7, 11) is 0. The van der Waals surface area contributed by atoms with E-state index in [2.05, 4.69) is 5.32 Å². The number of amides is 1. The van der Waals surface area contributed by atoms with Gasteiger partial charge in [0.15, 0.2) is 0 Å². The lowest BCUT2D eigenvalue weighted by Crippen LogP contribution is -2.21. The lowest BCUT2D eigenvalue weighted by molar-refractivity contribution is -0.144. The molecule has 1 aromatic carbocycles. The van der Waals surface area contributed by atoms with Crippen LogP contribution in [0.4, 0.5) is 10.1 Å². The summed E-state index contributed by atoms with van der Waals surface area (Å²) in [6.07, 6.45) is 1.59. The van der Waals surface area contributed by atoms with Crippen LogP contribution in [0, 0.1) is 17.7 Å². The normalized spacial score (nSPS) is 12.3. The second-order valence-electron chi connectivity index (χ2n) is 7.28. The zero-order valence-electron chi connectivity index (χ0n) is 16.6. The Morgan fingerprint density at radius 2 is 1.89 bits per heavy atom. The first kappa shape index (κ1) is 23.8. The summed E-state index contributed by atoms with van der Waals surface area (Å²) in [6, 6.07) is 2.64. The minimum absolute atomic E-state index is 0.0704. The molecule has 1 unspecified atom stereocenters. The van der Waals surface area contributed by atoms with Gasteiger partial charge < -0.3 is 10.1 Å². The van der Waals surface area contributed by atoms with E-state index in [-0.39, 0.29) is 28.5 Å². The van der Waals surface area contributed by atoms with Gasteiger partial charge in [-0.1, -0.05) is 46.2 Å². The molecule has 0 spiro atoms. The number of halogens is 2. The zero-order valence-corrected chi connectivity index (χ0v) is 18.2. The average molecular weight is 418 g/mol. The summed E-state index contributed by atoms with van der Waals surface area (Å²) in [5.74, 6) is -0.529. The van der Waals surface area contributed by atoms with Gasteiger partial charge in [-0.05, 0) is 36.8 Å². The smallest absolute Gasteiger partial charge is 0.319 e. The van der Waals surface area contributed by atoms with Gasteiger partial charge in [-0.3, -0.25) is 9.59 Å². The van der Waals surface area contributed by atoms with Gasteiger partial charge in [0.2, 0.25) is 5.91 Å². The number of thioether (sulfide) groups is 1. The Balaban J connectivity index is 2.87. The third-order valence-electron chi connectivity index (χ3n) is 3.71. The SMILES string of the molecule is CCC(Sc1cc(NC(=O)CCC(C)C)c(F)cc1Cl)C(=O)OCC(C)C. The van der Waals surface area contributed by atoms with E-state index in [4.69, 9.17) is 16.3 Å². The van der Waals surface area contributed by atoms with E-state index < -0.39 is 11.1 Å². The van der Waals surface area contributed by atoms with Crippen molar-refractivity contribution in [2.75, 3.05) is 11.9 Å². The van der Waals surface area contributed by atoms with Crippen molar-refractivity contribution in [1.82, 2.24) is 0 Å². The third-order valence-corrected chi connectivity index (χ3v) is 5.53. The van der Waals surface area contributed by atoms with Crippen LogP contribution < -0.4 is 5.32 Å². The summed E-state index contributed by atoms with van der Waals surface area (Å²) in [4.78, 5) is 24.8. The molecule has 0 saturated heterocycles. The Labute approximate surface area is 170 Å². The van der Waals surface area contributed by atoms with Crippen LogP contribution in [0.15, 0.2) is 17.0 Å². The third kappa shape index (κ3) is 8.52. The minimum atomic E-state index is -0.599. The van der Waals surface area contributed by atoms with E-state index in [1.165, 1.54) is 17.8 Å². The molecule has 1 atom stereocenters. The lowest BCUT2D eigenvalue weighted by Gasteiger charge is -2.17. The number of hydrogen-bond donors (Lipinski definition) is 1. The fourth-order valence-electron chi connectivity index (χ4n) is 2.14. The van der Waals surface area contributed by atoms with Crippen LogP contribution >= 0.6 is 23.4 Å². The van der Waals surface area contributed by atoms with Gasteiger partial charge in [0.1, 0.15) is 11.1 Å². The summed E-state index contributed by atoms with van der Waals surface area (Å²) < 4.78 is 19.5. The maximum Gasteiger partial charge on any atom is 0.319 e. The molecule has 27 heavy (non-hydrogen) atoms. The second-order valence-corrected chi connectivity index (χ2v) is 8.93. The van der Waals surface area contributed by atoms with Gasteiger partial charge in [0, 0.05) is 11.3 Å². The first-order valence-corrected chi connectivity index (χ1v) is 10.5. The highest BCUT2D eigenvalue weighted by Gasteiger charge is 2.22. The van der Waals surface area contributed by atoms with Crippen LogP contribution in [0.5, 0.6) is 0 Å². The highest BCUT2D eigenvalue weighted by molar-refractivity contribution is 8.00. The van der Waals surface area contributed by atoms with E-state index in [1.807, 2.05) is 34.6 Å². The number of hydrogen-bond acceptors (Lipinski definition) is 4. The first-order chi connectivity index (χ1) is 12.6. The Bertz CT molecular complexity index is 652. The van der Waals surface area contributed by atoms with Crippen LogP contribution in [-0.4, -0.2) is 23.7 Å². The highest BCUT2D eigenvalue weighted by Crippen LogP contribution is 2.36. The quantitative estimate of drug-likeness (QED) is 0.379. The Morgan fingerprint density at radius 3 is 2.44 bits per heavy atom. The lowest BCUT2D eigenvalue weighted by atomic mass is 10.1. The second kappa shape index (κ2) is 11.5.